The summed E-state index contributed by atoms with van der Waals surface area (Å²) in [5.74, 6) is 4.51. The Morgan fingerprint density at radius 3 is 1.59 bits per heavy atom. The SMILES string of the molecule is CN=P(N=P(C)(Oc1ccc(C)cc1)Oc1ccc(OC)cc1)(Oc1ccc(CCC(CCC(C)c2ccc(OCCCCS(=O)(=O)[O-])cc2)c2ccccc2)cc1)Oc1ccc(OC)cc1.[Na+]. The van der Waals surface area contributed by atoms with Crippen molar-refractivity contribution >= 4 is 25.3 Å². The van der Waals surface area contributed by atoms with E-state index >= 15 is 0 Å². The number of unbranched alkanes of at least 4 members (excludes halogenated alkanes) is 1. The number of hydrogen-bond acceptors (Lipinski definition) is 11. The molecule has 12 nitrogen and oxygen atoms in total. The average Bonchev–Trinajstić information content (AvgIpc) is 3.33. The molecule has 0 amide bonds. The molecule has 0 N–H and O–H groups in total. The second-order valence-electron chi connectivity index (χ2n) is 16.3. The van der Waals surface area contributed by atoms with E-state index in [4.69, 9.17) is 41.6 Å². The Bertz CT molecular complexity index is 2670. The maximum atomic E-state index is 10.9. The third-order valence-corrected chi connectivity index (χ3v) is 16.6. The predicted molar refractivity (Wildman–Crippen MR) is 268 cm³/mol. The molecule has 68 heavy (non-hydrogen) atoms. The molecule has 4 atom stereocenters. The van der Waals surface area contributed by atoms with Crippen LogP contribution in [0.15, 0.2) is 161 Å². The molecule has 0 saturated heterocycles. The summed E-state index contributed by atoms with van der Waals surface area (Å²) in [5, 5.41) is 0. The Morgan fingerprint density at radius 2 is 1.07 bits per heavy atom. The van der Waals surface area contributed by atoms with Crippen LogP contribution in [-0.2, 0) is 16.5 Å². The van der Waals surface area contributed by atoms with Crippen LogP contribution in [0.4, 0.5) is 0 Å². The molecule has 0 spiro atoms. The minimum Gasteiger partial charge on any atom is -0.748 e. The minimum atomic E-state index is -4.20. The Balaban J connectivity index is 0.00000864. The molecule has 0 saturated carbocycles. The van der Waals surface area contributed by atoms with Crippen molar-refractivity contribution in [3.8, 4) is 40.2 Å². The van der Waals surface area contributed by atoms with Gasteiger partial charge in [0.05, 0.1) is 30.9 Å². The molecule has 6 rings (SSSR count). The first kappa shape index (κ1) is 54.2. The molecule has 16 heteroatoms. The van der Waals surface area contributed by atoms with E-state index in [1.54, 1.807) is 45.5 Å². The first-order chi connectivity index (χ1) is 32.2. The van der Waals surface area contributed by atoms with Gasteiger partial charge in [0.1, 0.15) is 40.2 Å². The Labute approximate surface area is 425 Å². The smallest absolute Gasteiger partial charge is 0.748 e. The van der Waals surface area contributed by atoms with E-state index in [-0.39, 0.29) is 41.7 Å². The molecule has 0 aliphatic rings. The molecule has 6 aromatic rings. The first-order valence-corrected chi connectivity index (χ1v) is 27.4. The molecule has 0 aliphatic carbocycles. The summed E-state index contributed by atoms with van der Waals surface area (Å²) in [6.45, 7) is 6.44. The summed E-state index contributed by atoms with van der Waals surface area (Å²) >= 11 is 0. The van der Waals surface area contributed by atoms with E-state index < -0.39 is 25.3 Å². The third-order valence-electron chi connectivity index (χ3n) is 11.1. The van der Waals surface area contributed by atoms with Crippen LogP contribution in [0.2, 0.25) is 0 Å². The Hall–Kier alpha value is -4.71. The van der Waals surface area contributed by atoms with Crippen molar-refractivity contribution in [1.29, 1.82) is 0 Å². The van der Waals surface area contributed by atoms with E-state index in [1.807, 2.05) is 86.4 Å². The van der Waals surface area contributed by atoms with Crippen LogP contribution >= 0.6 is 15.2 Å². The number of hydrogen-bond donors (Lipinski definition) is 0. The molecule has 6 aromatic carbocycles. The normalized spacial score (nSPS) is 13.8. The van der Waals surface area contributed by atoms with Crippen LogP contribution in [0.25, 0.3) is 0 Å². The molecule has 0 aliphatic heterocycles. The number of aryl methyl sites for hydroxylation is 2. The van der Waals surface area contributed by atoms with E-state index in [2.05, 4.69) is 61.5 Å². The van der Waals surface area contributed by atoms with Crippen molar-refractivity contribution in [2.24, 2.45) is 9.26 Å². The number of methoxy groups -OCH3 is 2. The zero-order chi connectivity index (χ0) is 47.7. The van der Waals surface area contributed by atoms with Crippen molar-refractivity contribution in [2.75, 3.05) is 40.3 Å². The van der Waals surface area contributed by atoms with Gasteiger partial charge in [0, 0.05) is 19.5 Å². The van der Waals surface area contributed by atoms with Gasteiger partial charge in [0.2, 0.25) is 0 Å². The van der Waals surface area contributed by atoms with Crippen molar-refractivity contribution in [1.82, 2.24) is 0 Å². The number of benzene rings is 6. The quantitative estimate of drug-likeness (QED) is 0.0235. The fourth-order valence-electron chi connectivity index (χ4n) is 7.32. The van der Waals surface area contributed by atoms with E-state index in [0.717, 1.165) is 37.0 Å². The maximum absolute atomic E-state index is 10.9. The molecule has 0 radical (unpaired) electrons. The summed E-state index contributed by atoms with van der Waals surface area (Å²) in [5.41, 5.74) is 4.79. The molecule has 0 heterocycles. The van der Waals surface area contributed by atoms with Gasteiger partial charge < -0.3 is 36.9 Å². The molecular weight excluding hydrogens is 930 g/mol. The van der Waals surface area contributed by atoms with Crippen molar-refractivity contribution < 1.29 is 74.8 Å². The summed E-state index contributed by atoms with van der Waals surface area (Å²) in [4.78, 5) is 0. The second-order valence-corrected chi connectivity index (χ2v) is 22.2. The molecule has 0 fully saturated rings. The van der Waals surface area contributed by atoms with E-state index in [1.165, 1.54) is 16.7 Å². The van der Waals surface area contributed by atoms with Crippen molar-refractivity contribution in [2.45, 2.75) is 64.2 Å². The van der Waals surface area contributed by atoms with Crippen LogP contribution in [0.5, 0.6) is 40.2 Å². The summed E-state index contributed by atoms with van der Waals surface area (Å²) in [6, 6.07) is 49.0. The second kappa shape index (κ2) is 26.3. The molecule has 0 bridgehead atoms. The van der Waals surface area contributed by atoms with Gasteiger partial charge in [0.25, 0.3) is 0 Å². The van der Waals surface area contributed by atoms with Gasteiger partial charge in [-0.25, -0.2) is 13.2 Å². The van der Waals surface area contributed by atoms with Gasteiger partial charge in [-0.1, -0.05) is 79.2 Å². The molecule has 356 valence electrons. The number of rotatable bonds is 25. The van der Waals surface area contributed by atoms with Gasteiger partial charge in [-0.2, -0.15) is 0 Å². The van der Waals surface area contributed by atoms with Crippen LogP contribution in [-0.4, -0.2) is 53.3 Å². The van der Waals surface area contributed by atoms with Crippen LogP contribution in [0, 0.1) is 6.92 Å². The first-order valence-electron chi connectivity index (χ1n) is 22.3. The van der Waals surface area contributed by atoms with Gasteiger partial charge in [-0.05, 0) is 159 Å². The standard InChI is InChI=1S/C52H62N2O10P2S.Na/c1-40-14-24-49(25-15-40)61-65(6,62-50-34-30-46(58-4)31-35-50)54-66(53-3,64-52-36-32-47(59-5)33-37-52)63-51-26-18-42(19-27-51)17-21-45(44-12-8-7-9-13-44)20-16-41(2)43-22-28-48(29-23-43)60-38-10-11-39-67(55,56)57;/h7-9,12-15,18-19,22-37,41,45H,10-11,16-17,20-21,38-39H2,1-6H3,(H,55,56,57);/q;+1/p-1. The maximum Gasteiger partial charge on any atom is 1.00 e. The molecule has 0 aromatic heterocycles. The molecule has 4 unspecified atom stereocenters. The van der Waals surface area contributed by atoms with Gasteiger partial charge >= 0.3 is 44.7 Å². The zero-order valence-corrected chi connectivity index (χ0v) is 44.6. The van der Waals surface area contributed by atoms with Gasteiger partial charge in [0.15, 0.2) is 0 Å². The van der Waals surface area contributed by atoms with E-state index in [0.29, 0.717) is 59.4 Å². The van der Waals surface area contributed by atoms with Crippen molar-refractivity contribution in [3.63, 3.8) is 0 Å². The third kappa shape index (κ3) is 17.4. The van der Waals surface area contributed by atoms with Crippen LogP contribution in [0.1, 0.15) is 73.1 Å². The minimum absolute atomic E-state index is 0. The van der Waals surface area contributed by atoms with Crippen LogP contribution < -0.4 is 61.9 Å². The van der Waals surface area contributed by atoms with Crippen LogP contribution in [0.3, 0.4) is 0 Å². The summed E-state index contributed by atoms with van der Waals surface area (Å²) < 4.78 is 85.9. The van der Waals surface area contributed by atoms with E-state index in [9.17, 15) is 13.0 Å². The monoisotopic (exact) mass is 990 g/mol. The largest absolute Gasteiger partial charge is 1.00 e. The van der Waals surface area contributed by atoms with Gasteiger partial charge in [-0.3, -0.25) is 0 Å². The van der Waals surface area contributed by atoms with Crippen molar-refractivity contribution in [3.05, 3.63) is 174 Å². The summed E-state index contributed by atoms with van der Waals surface area (Å²) in [7, 11) is -6.16. The molecular formula is C52H61N2NaO10P2S. The fraction of sp³-hybridized carbons (Fsp3) is 0.308. The average molecular weight is 991 g/mol. The topological polar surface area (TPSA) is 147 Å². The fourth-order valence-corrected chi connectivity index (χ4v) is 12.5. The Kier molecular flexibility index (Phi) is 21.0. The zero-order valence-electron chi connectivity index (χ0n) is 40.0. The van der Waals surface area contributed by atoms with Gasteiger partial charge in [-0.15, -0.1) is 4.52 Å². The predicted octanol–water partition coefficient (Wildman–Crippen LogP) is 10.9. The number of nitrogens with zero attached hydrogens (tertiary/aromatic N) is 2. The number of ether oxygens (including phenoxy) is 3. The summed E-state index contributed by atoms with van der Waals surface area (Å²) in [6.07, 6.45) is 4.60. The Morgan fingerprint density at radius 1 is 0.588 bits per heavy atom.